The molecular formula is C14H20O4. The molecule has 0 aromatic rings. The Labute approximate surface area is 107 Å². The number of fused-ring (bicyclic) bond motifs is 2. The van der Waals surface area contributed by atoms with E-state index in [-0.39, 0.29) is 17.9 Å². The molecule has 4 heteroatoms. The second-order valence-corrected chi connectivity index (χ2v) is 5.27. The topological polar surface area (TPSA) is 52.6 Å². The highest BCUT2D eigenvalue weighted by molar-refractivity contribution is 5.78. The smallest absolute Gasteiger partial charge is 0.312 e. The predicted molar refractivity (Wildman–Crippen MR) is 65.7 cm³/mol. The number of carbonyl (C=O) groups excluding carboxylic acids is 2. The van der Waals surface area contributed by atoms with Crippen molar-refractivity contribution < 1.29 is 19.1 Å². The molecule has 0 saturated heterocycles. The van der Waals surface area contributed by atoms with E-state index in [1.165, 1.54) is 14.2 Å². The van der Waals surface area contributed by atoms with Crippen LogP contribution in [0.2, 0.25) is 0 Å². The van der Waals surface area contributed by atoms with E-state index < -0.39 is 5.41 Å². The summed E-state index contributed by atoms with van der Waals surface area (Å²) in [5.74, 6) is 0.456. The summed E-state index contributed by atoms with van der Waals surface area (Å²) in [4.78, 5) is 23.2. The van der Waals surface area contributed by atoms with Crippen LogP contribution in [0.4, 0.5) is 0 Å². The van der Waals surface area contributed by atoms with Crippen LogP contribution in [0.25, 0.3) is 0 Å². The number of ether oxygens (including phenoxy) is 2. The van der Waals surface area contributed by atoms with Gasteiger partial charge in [-0.15, -0.1) is 0 Å². The lowest BCUT2D eigenvalue weighted by Gasteiger charge is -2.32. The van der Waals surface area contributed by atoms with Crippen LogP contribution in [-0.2, 0) is 19.1 Å². The summed E-state index contributed by atoms with van der Waals surface area (Å²) in [6.45, 7) is 0. The summed E-state index contributed by atoms with van der Waals surface area (Å²) in [5.41, 5.74) is -0.401. The highest BCUT2D eigenvalue weighted by Crippen LogP contribution is 2.55. The quantitative estimate of drug-likeness (QED) is 0.555. The van der Waals surface area contributed by atoms with Crippen LogP contribution in [0, 0.1) is 17.3 Å². The van der Waals surface area contributed by atoms with Gasteiger partial charge in [0.2, 0.25) is 0 Å². The summed E-state index contributed by atoms with van der Waals surface area (Å²) in [5, 5.41) is 0. The molecule has 18 heavy (non-hydrogen) atoms. The molecule has 2 rings (SSSR count). The van der Waals surface area contributed by atoms with E-state index in [0.717, 1.165) is 12.8 Å². The van der Waals surface area contributed by atoms with E-state index in [9.17, 15) is 9.59 Å². The van der Waals surface area contributed by atoms with Gasteiger partial charge in [-0.05, 0) is 37.5 Å². The van der Waals surface area contributed by atoms with Crippen LogP contribution in [0.15, 0.2) is 12.2 Å². The molecule has 1 fully saturated rings. The highest BCUT2D eigenvalue weighted by atomic mass is 16.5. The second-order valence-electron chi connectivity index (χ2n) is 5.27. The van der Waals surface area contributed by atoms with Gasteiger partial charge in [-0.25, -0.2) is 0 Å². The molecule has 1 saturated carbocycles. The molecule has 2 aliphatic rings. The molecule has 0 heterocycles. The van der Waals surface area contributed by atoms with Crippen molar-refractivity contribution in [2.75, 3.05) is 14.2 Å². The number of allylic oxidation sites excluding steroid dienone is 2. The standard InChI is InChI=1S/C14H20O4/c1-17-12(15)4-3-7-14(13(16)18-2)9-10-5-6-11(14)8-10/h5-6,10-11H,3-4,7-9H2,1-2H3. The lowest BCUT2D eigenvalue weighted by Crippen LogP contribution is -2.36. The number of rotatable bonds is 5. The number of hydrogen-bond donors (Lipinski definition) is 0. The van der Waals surface area contributed by atoms with E-state index in [0.29, 0.717) is 25.2 Å². The molecule has 4 nitrogen and oxygen atoms in total. The van der Waals surface area contributed by atoms with Gasteiger partial charge in [0.05, 0.1) is 19.6 Å². The Morgan fingerprint density at radius 1 is 1.28 bits per heavy atom. The third kappa shape index (κ3) is 2.16. The van der Waals surface area contributed by atoms with Crippen molar-refractivity contribution in [1.29, 1.82) is 0 Å². The van der Waals surface area contributed by atoms with E-state index in [4.69, 9.17) is 4.74 Å². The summed E-state index contributed by atoms with van der Waals surface area (Å²) < 4.78 is 9.61. The van der Waals surface area contributed by atoms with Gasteiger partial charge in [0, 0.05) is 6.42 Å². The molecule has 0 aromatic heterocycles. The molecule has 0 radical (unpaired) electrons. The Balaban J connectivity index is 2.01. The van der Waals surface area contributed by atoms with Crippen molar-refractivity contribution >= 4 is 11.9 Å². The minimum absolute atomic E-state index is 0.121. The van der Waals surface area contributed by atoms with Gasteiger partial charge in [0.15, 0.2) is 0 Å². The maximum absolute atomic E-state index is 12.1. The van der Waals surface area contributed by atoms with Crippen LogP contribution in [0.3, 0.4) is 0 Å². The first-order chi connectivity index (χ1) is 8.62. The van der Waals surface area contributed by atoms with E-state index in [2.05, 4.69) is 16.9 Å². The van der Waals surface area contributed by atoms with Crippen molar-refractivity contribution in [3.05, 3.63) is 12.2 Å². The molecule has 0 aromatic carbocycles. The van der Waals surface area contributed by atoms with E-state index in [1.807, 2.05) is 0 Å². The SMILES string of the molecule is COC(=O)CCCC1(C(=O)OC)CC2C=CC1C2. The average Bonchev–Trinajstić information content (AvgIpc) is 2.98. The summed E-state index contributed by atoms with van der Waals surface area (Å²) in [6.07, 6.45) is 8.01. The lowest BCUT2D eigenvalue weighted by atomic mass is 9.72. The van der Waals surface area contributed by atoms with Gasteiger partial charge < -0.3 is 9.47 Å². The van der Waals surface area contributed by atoms with Crippen LogP contribution >= 0.6 is 0 Å². The first-order valence-corrected chi connectivity index (χ1v) is 6.46. The molecule has 0 aliphatic heterocycles. The fourth-order valence-electron chi connectivity index (χ4n) is 3.43. The molecule has 3 unspecified atom stereocenters. The zero-order valence-corrected chi connectivity index (χ0v) is 11.0. The molecule has 0 amide bonds. The minimum Gasteiger partial charge on any atom is -0.469 e. The van der Waals surface area contributed by atoms with Gasteiger partial charge in [-0.1, -0.05) is 12.2 Å². The number of esters is 2. The maximum Gasteiger partial charge on any atom is 0.312 e. The first kappa shape index (κ1) is 13.1. The van der Waals surface area contributed by atoms with Gasteiger partial charge in [-0.2, -0.15) is 0 Å². The Bertz CT molecular complexity index is 374. The summed E-state index contributed by atoms with van der Waals surface area (Å²) in [7, 11) is 2.83. The van der Waals surface area contributed by atoms with Crippen molar-refractivity contribution in [2.45, 2.75) is 32.1 Å². The van der Waals surface area contributed by atoms with Gasteiger partial charge in [-0.3, -0.25) is 9.59 Å². The second kappa shape index (κ2) is 5.12. The summed E-state index contributed by atoms with van der Waals surface area (Å²) >= 11 is 0. The van der Waals surface area contributed by atoms with Crippen LogP contribution < -0.4 is 0 Å². The fraction of sp³-hybridized carbons (Fsp3) is 0.714. The third-order valence-electron chi connectivity index (χ3n) is 4.33. The average molecular weight is 252 g/mol. The molecule has 2 bridgehead atoms. The number of methoxy groups -OCH3 is 2. The molecule has 3 atom stereocenters. The van der Waals surface area contributed by atoms with E-state index in [1.54, 1.807) is 0 Å². The van der Waals surface area contributed by atoms with Crippen LogP contribution in [0.1, 0.15) is 32.1 Å². The van der Waals surface area contributed by atoms with Crippen molar-refractivity contribution in [1.82, 2.24) is 0 Å². The number of carbonyl (C=O) groups is 2. The first-order valence-electron chi connectivity index (χ1n) is 6.46. The summed E-state index contributed by atoms with van der Waals surface area (Å²) in [6, 6.07) is 0. The minimum atomic E-state index is -0.401. The Morgan fingerprint density at radius 2 is 2.06 bits per heavy atom. The lowest BCUT2D eigenvalue weighted by molar-refractivity contribution is -0.155. The normalized spacial score (nSPS) is 32.6. The molecular weight excluding hydrogens is 232 g/mol. The molecule has 2 aliphatic carbocycles. The Kier molecular flexibility index (Phi) is 3.73. The zero-order valence-electron chi connectivity index (χ0n) is 11.0. The van der Waals surface area contributed by atoms with Gasteiger partial charge in [0.1, 0.15) is 0 Å². The fourth-order valence-corrected chi connectivity index (χ4v) is 3.43. The zero-order chi connectivity index (χ0) is 13.2. The highest BCUT2D eigenvalue weighted by Gasteiger charge is 2.53. The van der Waals surface area contributed by atoms with Gasteiger partial charge >= 0.3 is 11.9 Å². The monoisotopic (exact) mass is 252 g/mol. The maximum atomic E-state index is 12.1. The largest absolute Gasteiger partial charge is 0.469 e. The third-order valence-corrected chi connectivity index (χ3v) is 4.33. The van der Waals surface area contributed by atoms with Crippen molar-refractivity contribution in [2.24, 2.45) is 17.3 Å². The predicted octanol–water partition coefficient (Wildman–Crippen LogP) is 2.09. The Hall–Kier alpha value is -1.32. The number of hydrogen-bond acceptors (Lipinski definition) is 4. The van der Waals surface area contributed by atoms with E-state index >= 15 is 0 Å². The van der Waals surface area contributed by atoms with Crippen LogP contribution in [-0.4, -0.2) is 26.2 Å². The van der Waals surface area contributed by atoms with Crippen molar-refractivity contribution in [3.63, 3.8) is 0 Å². The molecule has 0 spiro atoms. The van der Waals surface area contributed by atoms with Crippen LogP contribution in [0.5, 0.6) is 0 Å². The Morgan fingerprint density at radius 3 is 2.56 bits per heavy atom. The van der Waals surface area contributed by atoms with Gasteiger partial charge in [0.25, 0.3) is 0 Å². The molecule has 0 N–H and O–H groups in total. The molecule has 100 valence electrons. The van der Waals surface area contributed by atoms with Crippen molar-refractivity contribution in [3.8, 4) is 0 Å².